The van der Waals surface area contributed by atoms with E-state index in [0.717, 1.165) is 5.39 Å². The van der Waals surface area contributed by atoms with Gasteiger partial charge in [-0.15, -0.1) is 16.7 Å². The van der Waals surface area contributed by atoms with Gasteiger partial charge in [-0.1, -0.05) is 12.1 Å². The maximum Gasteiger partial charge on any atom is 0.274 e. The quantitative estimate of drug-likeness (QED) is 0.762. The average Bonchev–Trinajstić information content (AvgIpc) is 2.32. The zero-order valence-electron chi connectivity index (χ0n) is 8.81. The number of rotatable bonds is 3. The minimum absolute atomic E-state index is 0.131. The number of alkyl halides is 1. The van der Waals surface area contributed by atoms with Crippen LogP contribution in [0.15, 0.2) is 29.1 Å². The van der Waals surface area contributed by atoms with E-state index in [1.165, 1.54) is 4.68 Å². The van der Waals surface area contributed by atoms with E-state index in [1.54, 1.807) is 13.1 Å². The summed E-state index contributed by atoms with van der Waals surface area (Å²) in [6.45, 7) is 0.372. The zero-order valence-corrected chi connectivity index (χ0v) is 9.57. The number of halogens is 1. The second-order valence-corrected chi connectivity index (χ2v) is 3.69. The normalized spacial score (nSPS) is 10.6. The molecule has 0 fully saturated rings. The van der Waals surface area contributed by atoms with Crippen LogP contribution in [0.2, 0.25) is 0 Å². The molecule has 1 aromatic heterocycles. The van der Waals surface area contributed by atoms with Gasteiger partial charge in [0.25, 0.3) is 5.56 Å². The van der Waals surface area contributed by atoms with Crippen molar-refractivity contribution < 1.29 is 4.74 Å². The molecular formula is C11H11ClN2O2. The van der Waals surface area contributed by atoms with E-state index in [0.29, 0.717) is 23.8 Å². The first kappa shape index (κ1) is 11.0. The van der Waals surface area contributed by atoms with Crippen molar-refractivity contribution in [2.45, 2.75) is 0 Å². The Bertz CT molecular complexity index is 565. The van der Waals surface area contributed by atoms with Crippen molar-refractivity contribution in [2.75, 3.05) is 12.5 Å². The monoisotopic (exact) mass is 238 g/mol. The van der Waals surface area contributed by atoms with Crippen LogP contribution < -0.4 is 10.3 Å². The molecule has 1 heterocycles. The molecule has 0 saturated heterocycles. The topological polar surface area (TPSA) is 44.1 Å². The molecule has 0 N–H and O–H groups in total. The lowest BCUT2D eigenvalue weighted by atomic mass is 10.2. The molecule has 0 unspecified atom stereocenters. The number of aromatic nitrogens is 2. The van der Waals surface area contributed by atoms with E-state index in [4.69, 9.17) is 16.3 Å². The summed E-state index contributed by atoms with van der Waals surface area (Å²) in [6.07, 6.45) is 0. The van der Waals surface area contributed by atoms with Crippen LogP contribution in [-0.2, 0) is 7.05 Å². The van der Waals surface area contributed by atoms with Crippen LogP contribution in [-0.4, -0.2) is 22.3 Å². The van der Waals surface area contributed by atoms with E-state index in [-0.39, 0.29) is 5.56 Å². The van der Waals surface area contributed by atoms with Crippen LogP contribution in [0.25, 0.3) is 10.8 Å². The largest absolute Gasteiger partial charge is 0.475 e. The fourth-order valence-electron chi connectivity index (χ4n) is 1.51. The van der Waals surface area contributed by atoms with E-state index >= 15 is 0 Å². The Hall–Kier alpha value is -1.55. The van der Waals surface area contributed by atoms with Gasteiger partial charge < -0.3 is 4.74 Å². The molecule has 2 aromatic rings. The van der Waals surface area contributed by atoms with Crippen molar-refractivity contribution in [3.8, 4) is 5.88 Å². The van der Waals surface area contributed by atoms with Gasteiger partial charge >= 0.3 is 0 Å². The smallest absolute Gasteiger partial charge is 0.274 e. The lowest BCUT2D eigenvalue weighted by molar-refractivity contribution is 0.324. The molecule has 0 bridgehead atoms. The lowest BCUT2D eigenvalue weighted by Gasteiger charge is -2.08. The third-order valence-corrected chi connectivity index (χ3v) is 2.39. The third kappa shape index (κ3) is 1.88. The molecule has 2 rings (SSSR count). The molecule has 0 amide bonds. The minimum Gasteiger partial charge on any atom is -0.475 e. The van der Waals surface area contributed by atoms with Gasteiger partial charge in [-0.2, -0.15) is 0 Å². The van der Waals surface area contributed by atoms with Crippen molar-refractivity contribution in [3.63, 3.8) is 0 Å². The van der Waals surface area contributed by atoms with E-state index in [2.05, 4.69) is 5.10 Å². The van der Waals surface area contributed by atoms with Gasteiger partial charge in [0.05, 0.1) is 16.7 Å². The Labute approximate surface area is 97.4 Å². The van der Waals surface area contributed by atoms with Crippen LogP contribution in [0.5, 0.6) is 5.88 Å². The highest BCUT2D eigenvalue weighted by Gasteiger charge is 2.08. The Morgan fingerprint density at radius 2 is 2.06 bits per heavy atom. The predicted molar refractivity (Wildman–Crippen MR) is 63.2 cm³/mol. The summed E-state index contributed by atoms with van der Waals surface area (Å²) in [6, 6.07) is 7.23. The minimum atomic E-state index is -0.131. The highest BCUT2D eigenvalue weighted by molar-refractivity contribution is 6.18. The summed E-state index contributed by atoms with van der Waals surface area (Å²) in [7, 11) is 1.60. The van der Waals surface area contributed by atoms with Crippen molar-refractivity contribution in [1.29, 1.82) is 0 Å². The molecule has 16 heavy (non-hydrogen) atoms. The highest BCUT2D eigenvalue weighted by Crippen LogP contribution is 2.19. The first-order valence-electron chi connectivity index (χ1n) is 4.89. The van der Waals surface area contributed by atoms with Gasteiger partial charge in [-0.05, 0) is 12.1 Å². The zero-order chi connectivity index (χ0) is 11.5. The highest BCUT2D eigenvalue weighted by atomic mass is 35.5. The number of hydrogen-bond donors (Lipinski definition) is 0. The van der Waals surface area contributed by atoms with Gasteiger partial charge in [-0.25, -0.2) is 4.68 Å². The number of benzene rings is 1. The van der Waals surface area contributed by atoms with Crippen molar-refractivity contribution in [2.24, 2.45) is 7.05 Å². The molecule has 5 heteroatoms. The second-order valence-electron chi connectivity index (χ2n) is 3.32. The predicted octanol–water partition coefficient (Wildman–Crippen LogP) is 1.55. The van der Waals surface area contributed by atoms with Gasteiger partial charge in [0.1, 0.15) is 6.61 Å². The Morgan fingerprint density at radius 3 is 2.75 bits per heavy atom. The van der Waals surface area contributed by atoms with Crippen LogP contribution >= 0.6 is 11.6 Å². The van der Waals surface area contributed by atoms with Crippen LogP contribution in [0.4, 0.5) is 0 Å². The van der Waals surface area contributed by atoms with Crippen molar-refractivity contribution >= 4 is 22.4 Å². The molecule has 0 saturated carbocycles. The Balaban J connectivity index is 2.65. The lowest BCUT2D eigenvalue weighted by Crippen LogP contribution is -2.20. The summed E-state index contributed by atoms with van der Waals surface area (Å²) in [4.78, 5) is 11.8. The molecular weight excluding hydrogens is 228 g/mol. The summed E-state index contributed by atoms with van der Waals surface area (Å²) < 4.78 is 6.67. The first-order chi connectivity index (χ1) is 7.74. The van der Waals surface area contributed by atoms with E-state index in [9.17, 15) is 4.79 Å². The number of nitrogens with zero attached hydrogens (tertiary/aromatic N) is 2. The fourth-order valence-corrected chi connectivity index (χ4v) is 1.58. The summed E-state index contributed by atoms with van der Waals surface area (Å²) >= 11 is 5.55. The van der Waals surface area contributed by atoms with Gasteiger partial charge in [0.2, 0.25) is 5.88 Å². The summed E-state index contributed by atoms with van der Waals surface area (Å²) in [5.74, 6) is 0.831. The van der Waals surface area contributed by atoms with Gasteiger partial charge in [0.15, 0.2) is 0 Å². The van der Waals surface area contributed by atoms with Gasteiger partial charge in [0, 0.05) is 7.05 Å². The van der Waals surface area contributed by atoms with Crippen molar-refractivity contribution in [1.82, 2.24) is 9.78 Å². The molecule has 1 aromatic carbocycles. The number of fused-ring (bicyclic) bond motifs is 1. The molecule has 0 aliphatic rings. The Morgan fingerprint density at radius 1 is 1.38 bits per heavy atom. The maximum atomic E-state index is 11.8. The molecule has 4 nitrogen and oxygen atoms in total. The summed E-state index contributed by atoms with van der Waals surface area (Å²) in [5.41, 5.74) is -0.131. The standard InChI is InChI=1S/C11H11ClN2O2/c1-14-11(15)9-5-3-2-4-8(9)10(13-14)16-7-6-12/h2-5H,6-7H2,1H3. The fraction of sp³-hybridized carbons (Fsp3) is 0.273. The SMILES string of the molecule is Cn1nc(OCCCl)c2ccccc2c1=O. The maximum absolute atomic E-state index is 11.8. The average molecular weight is 239 g/mol. The van der Waals surface area contributed by atoms with Crippen LogP contribution in [0.3, 0.4) is 0 Å². The number of aryl methyl sites for hydroxylation is 1. The summed E-state index contributed by atoms with van der Waals surface area (Å²) in [5, 5.41) is 5.38. The molecule has 0 spiro atoms. The van der Waals surface area contributed by atoms with Crippen LogP contribution in [0.1, 0.15) is 0 Å². The number of ether oxygens (including phenoxy) is 1. The number of hydrogen-bond acceptors (Lipinski definition) is 3. The van der Waals surface area contributed by atoms with E-state index < -0.39 is 0 Å². The van der Waals surface area contributed by atoms with Gasteiger partial charge in [-0.3, -0.25) is 4.79 Å². The molecule has 0 aliphatic heterocycles. The molecule has 0 aliphatic carbocycles. The molecule has 84 valence electrons. The molecule has 0 atom stereocenters. The van der Waals surface area contributed by atoms with E-state index in [1.807, 2.05) is 18.2 Å². The molecule has 0 radical (unpaired) electrons. The third-order valence-electron chi connectivity index (χ3n) is 2.24. The second kappa shape index (κ2) is 4.53. The Kier molecular flexibility index (Phi) is 3.10. The van der Waals surface area contributed by atoms with Crippen molar-refractivity contribution in [3.05, 3.63) is 34.6 Å². The first-order valence-corrected chi connectivity index (χ1v) is 5.42. The van der Waals surface area contributed by atoms with Crippen LogP contribution in [0, 0.1) is 0 Å².